The van der Waals surface area contributed by atoms with Crippen molar-refractivity contribution in [2.75, 3.05) is 18.6 Å². The number of ether oxygens (including phenoxy) is 1. The van der Waals surface area contributed by atoms with E-state index >= 15 is 0 Å². The second-order valence-corrected chi connectivity index (χ2v) is 6.78. The molecule has 2 aliphatic heterocycles. The molecule has 0 spiro atoms. The van der Waals surface area contributed by atoms with E-state index in [4.69, 9.17) is 4.74 Å². The molecular formula is C23H21N2O+. The first-order valence-electron chi connectivity index (χ1n) is 9.06. The summed E-state index contributed by atoms with van der Waals surface area (Å²) >= 11 is 0. The number of rotatable bonds is 2. The number of fused-ring (bicyclic) bond motifs is 5. The van der Waals surface area contributed by atoms with E-state index in [9.17, 15) is 0 Å². The Hall–Kier alpha value is -3.07. The highest BCUT2D eigenvalue weighted by Crippen LogP contribution is 2.43. The van der Waals surface area contributed by atoms with Gasteiger partial charge in [0.1, 0.15) is 11.8 Å². The van der Waals surface area contributed by atoms with Gasteiger partial charge in [-0.3, -0.25) is 0 Å². The third kappa shape index (κ3) is 2.31. The van der Waals surface area contributed by atoms with Crippen molar-refractivity contribution >= 4 is 11.3 Å². The Morgan fingerprint density at radius 2 is 1.77 bits per heavy atom. The highest BCUT2D eigenvalue weighted by Gasteiger charge is 2.36. The van der Waals surface area contributed by atoms with E-state index in [0.29, 0.717) is 0 Å². The third-order valence-corrected chi connectivity index (χ3v) is 5.43. The van der Waals surface area contributed by atoms with Crippen molar-refractivity contribution in [3.8, 4) is 5.75 Å². The summed E-state index contributed by atoms with van der Waals surface area (Å²) in [5.41, 5.74) is 6.49. The van der Waals surface area contributed by atoms with Gasteiger partial charge in [-0.05, 0) is 35.4 Å². The molecule has 3 nitrogen and oxygen atoms in total. The van der Waals surface area contributed by atoms with Gasteiger partial charge in [0, 0.05) is 23.4 Å². The van der Waals surface area contributed by atoms with Crippen molar-refractivity contribution in [1.29, 1.82) is 0 Å². The van der Waals surface area contributed by atoms with Crippen molar-refractivity contribution < 1.29 is 9.30 Å². The van der Waals surface area contributed by atoms with Crippen LogP contribution in [0.25, 0.3) is 5.57 Å². The van der Waals surface area contributed by atoms with Crippen molar-refractivity contribution in [3.05, 3.63) is 95.8 Å². The van der Waals surface area contributed by atoms with Gasteiger partial charge in [-0.1, -0.05) is 36.4 Å². The maximum absolute atomic E-state index is 5.33. The van der Waals surface area contributed by atoms with E-state index in [1.807, 2.05) is 12.1 Å². The number of hydrogen-bond acceptors (Lipinski definition) is 2. The Morgan fingerprint density at radius 1 is 0.962 bits per heavy atom. The molecule has 0 bridgehead atoms. The monoisotopic (exact) mass is 341 g/mol. The summed E-state index contributed by atoms with van der Waals surface area (Å²) in [5.74, 6) is 0.888. The molecule has 3 heterocycles. The van der Waals surface area contributed by atoms with E-state index < -0.39 is 0 Å². The average Bonchev–Trinajstić information content (AvgIpc) is 2.73. The fourth-order valence-electron chi connectivity index (χ4n) is 4.14. The predicted octanol–water partition coefficient (Wildman–Crippen LogP) is 3.99. The molecular weight excluding hydrogens is 320 g/mol. The van der Waals surface area contributed by atoms with E-state index in [2.05, 4.69) is 76.3 Å². The number of aromatic nitrogens is 1. The first-order chi connectivity index (χ1) is 12.8. The highest BCUT2D eigenvalue weighted by atomic mass is 16.5. The van der Waals surface area contributed by atoms with Crippen LogP contribution in [-0.2, 0) is 6.54 Å². The molecule has 0 saturated carbocycles. The number of methoxy groups -OCH3 is 1. The first kappa shape index (κ1) is 15.2. The molecule has 3 aromatic rings. The van der Waals surface area contributed by atoms with Crippen LogP contribution < -0.4 is 14.2 Å². The SMILES string of the molecule is COc1ccc(C2=CC3c4cccc[n+]4CCN3c3ccccc32)cc1. The van der Waals surface area contributed by atoms with Crippen LogP contribution in [0.15, 0.2) is 79.0 Å². The number of hydrogen-bond donors (Lipinski definition) is 0. The molecule has 1 unspecified atom stereocenters. The van der Waals surface area contributed by atoms with Crippen molar-refractivity contribution in [3.63, 3.8) is 0 Å². The zero-order chi connectivity index (χ0) is 17.5. The molecule has 0 fully saturated rings. The van der Waals surface area contributed by atoms with Crippen LogP contribution in [0.1, 0.15) is 22.9 Å². The zero-order valence-electron chi connectivity index (χ0n) is 14.8. The predicted molar refractivity (Wildman–Crippen MR) is 103 cm³/mol. The molecule has 128 valence electrons. The minimum absolute atomic E-state index is 0.261. The standard InChI is InChI=1S/C23H21N2O/c1-26-18-11-9-17(10-12-18)20-16-23-22-8-4-5-13-24(22)14-15-25(23)21-7-3-2-6-19(20)21/h2-13,16,23H,14-15H2,1H3/q+1. The lowest BCUT2D eigenvalue weighted by Crippen LogP contribution is -2.53. The fraction of sp³-hybridized carbons (Fsp3) is 0.174. The molecule has 0 aliphatic carbocycles. The summed E-state index contributed by atoms with van der Waals surface area (Å²) in [7, 11) is 1.71. The molecule has 1 atom stereocenters. The maximum atomic E-state index is 5.33. The lowest BCUT2D eigenvalue weighted by Gasteiger charge is -2.38. The fourth-order valence-corrected chi connectivity index (χ4v) is 4.14. The Morgan fingerprint density at radius 3 is 2.62 bits per heavy atom. The second-order valence-electron chi connectivity index (χ2n) is 6.78. The van der Waals surface area contributed by atoms with Gasteiger partial charge >= 0.3 is 0 Å². The Labute approximate surface area is 153 Å². The van der Waals surface area contributed by atoms with Gasteiger partial charge in [-0.2, -0.15) is 4.57 Å². The average molecular weight is 341 g/mol. The highest BCUT2D eigenvalue weighted by molar-refractivity contribution is 5.89. The summed E-state index contributed by atoms with van der Waals surface area (Å²) < 4.78 is 7.70. The zero-order valence-corrected chi connectivity index (χ0v) is 14.8. The van der Waals surface area contributed by atoms with Crippen LogP contribution >= 0.6 is 0 Å². The summed E-state index contributed by atoms with van der Waals surface area (Å²) in [4.78, 5) is 2.53. The number of benzene rings is 2. The van der Waals surface area contributed by atoms with Gasteiger partial charge in [-0.25, -0.2) is 0 Å². The van der Waals surface area contributed by atoms with Gasteiger partial charge in [0.2, 0.25) is 5.69 Å². The summed E-state index contributed by atoms with van der Waals surface area (Å²) in [5, 5.41) is 0. The summed E-state index contributed by atoms with van der Waals surface area (Å²) in [6, 6.07) is 23.9. The number of anilines is 1. The van der Waals surface area contributed by atoms with Gasteiger partial charge in [0.05, 0.1) is 13.7 Å². The minimum Gasteiger partial charge on any atom is -0.497 e. The van der Waals surface area contributed by atoms with Crippen LogP contribution in [0.5, 0.6) is 5.75 Å². The normalized spacial score (nSPS) is 17.7. The van der Waals surface area contributed by atoms with Gasteiger partial charge in [0.25, 0.3) is 0 Å². The number of nitrogens with zero attached hydrogens (tertiary/aromatic N) is 2. The van der Waals surface area contributed by atoms with Crippen LogP contribution in [0.2, 0.25) is 0 Å². The molecule has 5 rings (SSSR count). The molecule has 2 aromatic carbocycles. The molecule has 0 saturated heterocycles. The van der Waals surface area contributed by atoms with Crippen LogP contribution in [0.4, 0.5) is 5.69 Å². The van der Waals surface area contributed by atoms with Gasteiger partial charge in [0.15, 0.2) is 12.7 Å². The van der Waals surface area contributed by atoms with E-state index in [-0.39, 0.29) is 6.04 Å². The third-order valence-electron chi connectivity index (χ3n) is 5.43. The first-order valence-corrected chi connectivity index (χ1v) is 9.06. The van der Waals surface area contributed by atoms with E-state index in [1.165, 1.54) is 28.1 Å². The molecule has 0 N–H and O–H groups in total. The minimum atomic E-state index is 0.261. The maximum Gasteiger partial charge on any atom is 0.208 e. The number of pyridine rings is 1. The molecule has 2 aliphatic rings. The second kappa shape index (κ2) is 6.03. The Kier molecular flexibility index (Phi) is 3.52. The van der Waals surface area contributed by atoms with Crippen LogP contribution in [0.3, 0.4) is 0 Å². The Bertz CT molecular complexity index is 991. The van der Waals surface area contributed by atoms with E-state index in [0.717, 1.165) is 18.8 Å². The lowest BCUT2D eigenvalue weighted by molar-refractivity contribution is -0.706. The van der Waals surface area contributed by atoms with Gasteiger partial charge < -0.3 is 9.64 Å². The largest absolute Gasteiger partial charge is 0.497 e. The topological polar surface area (TPSA) is 16.4 Å². The van der Waals surface area contributed by atoms with Crippen LogP contribution in [0, 0.1) is 0 Å². The number of para-hydroxylation sites is 1. The molecule has 3 heteroatoms. The Balaban J connectivity index is 1.69. The lowest BCUT2D eigenvalue weighted by atomic mass is 9.88. The molecule has 1 aromatic heterocycles. The van der Waals surface area contributed by atoms with Crippen molar-refractivity contribution in [2.24, 2.45) is 0 Å². The van der Waals surface area contributed by atoms with Gasteiger partial charge in [-0.15, -0.1) is 0 Å². The summed E-state index contributed by atoms with van der Waals surface area (Å²) in [6.07, 6.45) is 4.60. The molecule has 0 amide bonds. The van der Waals surface area contributed by atoms with Crippen LogP contribution in [-0.4, -0.2) is 13.7 Å². The van der Waals surface area contributed by atoms with Crippen molar-refractivity contribution in [1.82, 2.24) is 0 Å². The molecule has 26 heavy (non-hydrogen) atoms. The van der Waals surface area contributed by atoms with Crippen molar-refractivity contribution in [2.45, 2.75) is 12.6 Å². The molecule has 0 radical (unpaired) electrons. The van der Waals surface area contributed by atoms with E-state index in [1.54, 1.807) is 7.11 Å². The summed E-state index contributed by atoms with van der Waals surface area (Å²) in [6.45, 7) is 2.04. The smallest absolute Gasteiger partial charge is 0.208 e. The quantitative estimate of drug-likeness (QED) is 0.655.